The molecular weight excluding hydrogens is 933 g/mol. The van der Waals surface area contributed by atoms with Crippen LogP contribution in [0.15, 0.2) is 114 Å². The van der Waals surface area contributed by atoms with E-state index in [9.17, 15) is 0 Å². The van der Waals surface area contributed by atoms with E-state index in [1.54, 1.807) is 63.2 Å². The molecule has 4 unspecified atom stereocenters. The van der Waals surface area contributed by atoms with E-state index >= 15 is 27.6 Å². The number of hydrogen-bond donors (Lipinski definition) is 0. The number of thiocarbonyl (C=S) groups is 2. The van der Waals surface area contributed by atoms with Crippen LogP contribution in [0.3, 0.4) is 0 Å². The van der Waals surface area contributed by atoms with Crippen LogP contribution in [-0.4, -0.2) is 105 Å². The van der Waals surface area contributed by atoms with Gasteiger partial charge in [0, 0.05) is 38.3 Å². The zero-order valence-corrected chi connectivity index (χ0v) is 39.7. The van der Waals surface area contributed by atoms with E-state index in [2.05, 4.69) is 4.90 Å². The van der Waals surface area contributed by atoms with Crippen LogP contribution in [0, 0.1) is 0 Å². The Morgan fingerprint density at radius 2 is 0.984 bits per heavy atom. The lowest BCUT2D eigenvalue weighted by atomic mass is 9.54. The predicted molar refractivity (Wildman–Crippen MR) is 255 cm³/mol. The third kappa shape index (κ3) is 4.39. The van der Waals surface area contributed by atoms with Gasteiger partial charge in [-0.3, -0.25) is 29.0 Å². The minimum Gasteiger partial charge on any atom is -0.320 e. The maximum absolute atomic E-state index is 15.9. The minimum absolute atomic E-state index is 0.00151. The fourth-order valence-electron chi connectivity index (χ4n) is 12.2. The maximum atomic E-state index is 15.9. The number of benzene rings is 4. The highest BCUT2D eigenvalue weighted by Gasteiger charge is 2.88. The van der Waals surface area contributed by atoms with Crippen molar-refractivity contribution in [3.8, 4) is 0 Å². The quantitative estimate of drug-likeness (QED) is 0.204. The number of rotatable bonds is 4. The van der Waals surface area contributed by atoms with E-state index in [4.69, 9.17) is 24.4 Å². The number of carbonyl (C=O) groups is 4. The van der Waals surface area contributed by atoms with Crippen molar-refractivity contribution in [3.05, 3.63) is 120 Å². The number of amides is 4. The Balaban J connectivity index is 1.27. The number of carbonyl (C=O) groups excluding carboxylic acids is 4. The highest BCUT2D eigenvalue weighted by molar-refractivity contribution is 8.49. The number of piperazine rings is 2. The molecular formula is C44H36N6O6S7. The molecule has 320 valence electrons. The summed E-state index contributed by atoms with van der Waals surface area (Å²) < 4.78 is 33.8. The molecule has 0 saturated carbocycles. The Bertz CT molecular complexity index is 2970. The number of hydrogen-bond acceptors (Lipinski definition) is 13. The number of likely N-dealkylation sites (N-methyl/N-ethyl adjacent to an activating group) is 2. The molecule has 4 amide bonds. The van der Waals surface area contributed by atoms with E-state index in [1.165, 1.54) is 54.7 Å². The van der Waals surface area contributed by atoms with Gasteiger partial charge in [-0.25, -0.2) is 12.7 Å². The van der Waals surface area contributed by atoms with Gasteiger partial charge in [0.1, 0.15) is 19.4 Å². The van der Waals surface area contributed by atoms with Crippen LogP contribution in [0.2, 0.25) is 0 Å². The van der Waals surface area contributed by atoms with Crippen molar-refractivity contribution in [3.63, 3.8) is 0 Å². The van der Waals surface area contributed by atoms with Gasteiger partial charge in [-0.2, -0.15) is 0 Å². The molecule has 0 radical (unpaired) electrons. The van der Waals surface area contributed by atoms with Crippen LogP contribution in [0.5, 0.6) is 0 Å². The summed E-state index contributed by atoms with van der Waals surface area (Å²) in [4.78, 5) is 65.1. The van der Waals surface area contributed by atoms with Gasteiger partial charge >= 0.3 is 0 Å². The van der Waals surface area contributed by atoms with Crippen molar-refractivity contribution >= 4 is 129 Å². The molecule has 0 aliphatic carbocycles. The van der Waals surface area contributed by atoms with Gasteiger partial charge in [0.15, 0.2) is 19.5 Å². The molecule has 4 aromatic carbocycles. The van der Waals surface area contributed by atoms with Crippen molar-refractivity contribution in [1.82, 2.24) is 19.6 Å². The molecule has 8 fully saturated rings. The van der Waals surface area contributed by atoms with Gasteiger partial charge in [-0.15, -0.1) is 0 Å². The Hall–Kier alpha value is -4.11. The van der Waals surface area contributed by atoms with Gasteiger partial charge in [-0.05, 0) is 61.4 Å². The lowest BCUT2D eigenvalue weighted by Crippen LogP contribution is -2.73. The van der Waals surface area contributed by atoms with Crippen molar-refractivity contribution < 1.29 is 27.6 Å². The number of fused-ring (bicyclic) bond motifs is 13. The smallest absolute Gasteiger partial charge is 0.266 e. The molecule has 4 bridgehead atoms. The molecule has 0 N–H and O–H groups in total. The van der Waals surface area contributed by atoms with Crippen LogP contribution in [-0.2, 0) is 40.0 Å². The van der Waals surface area contributed by atoms with Crippen molar-refractivity contribution in [1.29, 1.82) is 0 Å². The number of nitrogens with zero attached hydrogens (tertiary/aromatic N) is 6. The van der Waals surface area contributed by atoms with E-state index in [0.29, 0.717) is 18.3 Å². The van der Waals surface area contributed by atoms with Crippen molar-refractivity contribution in [2.75, 3.05) is 23.3 Å². The maximum Gasteiger partial charge on any atom is 0.266 e. The van der Waals surface area contributed by atoms with Gasteiger partial charge < -0.3 is 14.7 Å². The standard InChI is InChI=1S/C44H36N6O6S7/c1-39-33(51)48-31-41(23-43(48,35(53)45(39)3)61-37(57)59-39,27-19-11-13-21-29(27)47(31)25-15-7-5-8-16-25)42-24-44-36(54)46(4)40(2,60-38(58)62-44)34(52)49(44)32(42)50(30-22-14-12-20-28(30)42)63(55,56)26-17-9-6-10-18-26/h5-22,31-32H,23-24H2,1-4H3/t31-,32+,39-,40-,41?,42?,43?,44?/m1/s1. The molecule has 10 aliphatic rings. The van der Waals surface area contributed by atoms with Crippen LogP contribution in [0.4, 0.5) is 17.1 Å². The lowest BCUT2D eigenvalue weighted by Gasteiger charge is -2.52. The molecule has 10 heterocycles. The first-order valence-electron chi connectivity index (χ1n) is 20.2. The lowest BCUT2D eigenvalue weighted by molar-refractivity contribution is -0.163. The van der Waals surface area contributed by atoms with Gasteiger partial charge in [-0.1, -0.05) is 144 Å². The largest absolute Gasteiger partial charge is 0.320 e. The van der Waals surface area contributed by atoms with Crippen LogP contribution >= 0.6 is 71.5 Å². The van der Waals surface area contributed by atoms with Crippen LogP contribution in [0.25, 0.3) is 0 Å². The number of para-hydroxylation sites is 3. The average molecular weight is 969 g/mol. The fourth-order valence-corrected chi connectivity index (χ4v) is 21.4. The molecule has 2 spiro atoms. The summed E-state index contributed by atoms with van der Waals surface area (Å²) in [7, 11) is -1.29. The zero-order chi connectivity index (χ0) is 44.0. The average Bonchev–Trinajstić information content (AvgIpc) is 3.88. The van der Waals surface area contributed by atoms with E-state index < -0.39 is 58.6 Å². The second-order valence-corrected chi connectivity index (χ2v) is 27.0. The molecule has 8 saturated heterocycles. The van der Waals surface area contributed by atoms with E-state index in [1.807, 2.05) is 66.7 Å². The molecule has 12 nitrogen and oxygen atoms in total. The summed E-state index contributed by atoms with van der Waals surface area (Å²) in [5, 5.41) is 0. The Labute approximate surface area is 391 Å². The second-order valence-electron chi connectivity index (χ2n) is 17.4. The van der Waals surface area contributed by atoms with Crippen molar-refractivity contribution in [2.24, 2.45) is 0 Å². The fraction of sp³-hybridized carbons (Fsp3) is 0.318. The monoisotopic (exact) mass is 968 g/mol. The van der Waals surface area contributed by atoms with Gasteiger partial charge in [0.25, 0.3) is 33.7 Å². The number of thioether (sulfide) groups is 4. The third-order valence-corrected chi connectivity index (χ3v) is 22.8. The summed E-state index contributed by atoms with van der Waals surface area (Å²) in [6.45, 7) is 3.40. The summed E-state index contributed by atoms with van der Waals surface area (Å²) in [6, 6.07) is 32.9. The summed E-state index contributed by atoms with van der Waals surface area (Å²) in [6.07, 6.45) is -2.54. The summed E-state index contributed by atoms with van der Waals surface area (Å²) in [5.41, 5.74) is 0.173. The van der Waals surface area contributed by atoms with Gasteiger partial charge in [0.05, 0.1) is 21.4 Å². The van der Waals surface area contributed by atoms with Crippen molar-refractivity contribution in [2.45, 2.75) is 74.2 Å². The minimum atomic E-state index is -4.55. The first-order chi connectivity index (χ1) is 30.0. The zero-order valence-electron chi connectivity index (χ0n) is 34.0. The predicted octanol–water partition coefficient (Wildman–Crippen LogP) is 6.64. The molecule has 19 heteroatoms. The van der Waals surface area contributed by atoms with Gasteiger partial charge in [0.2, 0.25) is 0 Å². The summed E-state index contributed by atoms with van der Waals surface area (Å²) in [5.74, 6) is -1.49. The molecule has 8 atom stereocenters. The Morgan fingerprint density at radius 3 is 1.52 bits per heavy atom. The molecule has 14 rings (SSSR count). The highest BCUT2D eigenvalue weighted by Crippen LogP contribution is 2.79. The molecule has 0 aromatic heterocycles. The Morgan fingerprint density at radius 1 is 0.556 bits per heavy atom. The number of anilines is 3. The highest BCUT2D eigenvalue weighted by atomic mass is 32.2. The first-order valence-corrected chi connectivity index (χ1v) is 25.7. The molecule has 63 heavy (non-hydrogen) atoms. The first kappa shape index (κ1) is 40.4. The van der Waals surface area contributed by atoms with E-state index in [-0.39, 0.29) is 35.5 Å². The third-order valence-electron chi connectivity index (χ3n) is 14.9. The second kappa shape index (κ2) is 12.6. The topological polar surface area (TPSA) is 122 Å². The van der Waals surface area contributed by atoms with Crippen LogP contribution < -0.4 is 9.21 Å². The number of sulfonamides is 1. The van der Waals surface area contributed by atoms with Crippen LogP contribution in [0.1, 0.15) is 37.8 Å². The Kier molecular flexibility index (Phi) is 8.09. The van der Waals surface area contributed by atoms with E-state index in [0.717, 1.165) is 40.5 Å². The molecule has 10 aliphatic heterocycles. The molecule has 4 aromatic rings. The summed E-state index contributed by atoms with van der Waals surface area (Å²) >= 11 is 16.7. The normalized spacial score (nSPS) is 36.1. The SMILES string of the molecule is CN1C(=O)C23CC4(C56CC78SC(=S)S[C@](C)(C(=O)N7[C@H]5N(S(=O)(=O)c5ccccc5)c5ccccc56)N(C)C8=O)c5ccccc5N(c5ccccc5)[C@@H]4N2C(=O)[C@@]1(C)SC(=S)S3.